The van der Waals surface area contributed by atoms with Gasteiger partial charge in [-0.25, -0.2) is 9.71 Å². The van der Waals surface area contributed by atoms with E-state index >= 15 is 0 Å². The molecule has 1 aliphatic heterocycles. The first-order valence-electron chi connectivity index (χ1n) is 13.4. The Morgan fingerprint density at radius 1 is 1.05 bits per heavy atom. The van der Waals surface area contributed by atoms with Crippen molar-refractivity contribution in [3.05, 3.63) is 71.8 Å². The number of nitrogens with zero attached hydrogens (tertiary/aromatic N) is 5. The monoisotopic (exact) mass is 564 g/mol. The number of benzene rings is 2. The van der Waals surface area contributed by atoms with Crippen LogP contribution in [0.2, 0.25) is 0 Å². The molecule has 11 heteroatoms. The van der Waals surface area contributed by atoms with Gasteiger partial charge in [0.1, 0.15) is 5.82 Å². The van der Waals surface area contributed by atoms with E-state index in [2.05, 4.69) is 39.5 Å². The normalized spacial score (nSPS) is 16.0. The fraction of sp³-hybridized carbons (Fsp3) is 0.379. The number of hydrogen-bond donors (Lipinski definition) is 2. The van der Waals surface area contributed by atoms with Crippen molar-refractivity contribution in [1.82, 2.24) is 18.8 Å². The molecule has 1 aliphatic rings. The summed E-state index contributed by atoms with van der Waals surface area (Å²) in [6, 6.07) is 13.5. The summed E-state index contributed by atoms with van der Waals surface area (Å²) in [5.41, 5.74) is 5.04. The van der Waals surface area contributed by atoms with Gasteiger partial charge < -0.3 is 24.0 Å². The molecule has 1 amide bonds. The minimum absolute atomic E-state index is 0.106. The summed E-state index contributed by atoms with van der Waals surface area (Å²) in [6.07, 6.45) is 3.67. The van der Waals surface area contributed by atoms with Crippen LogP contribution in [0.1, 0.15) is 43.1 Å². The van der Waals surface area contributed by atoms with E-state index in [-0.39, 0.29) is 11.4 Å². The minimum atomic E-state index is -4.12. The number of carbonyl (C=O) groups excluding carboxylic acids is 1. The van der Waals surface area contributed by atoms with Crippen LogP contribution in [-0.2, 0) is 35.5 Å². The largest absolute Gasteiger partial charge is 0.356 e. The lowest BCUT2D eigenvalue weighted by Crippen LogP contribution is -2.49. The van der Waals surface area contributed by atoms with Crippen molar-refractivity contribution in [2.75, 3.05) is 9.80 Å². The fourth-order valence-electron chi connectivity index (χ4n) is 5.70. The predicted octanol–water partition coefficient (Wildman–Crippen LogP) is 3.70. The van der Waals surface area contributed by atoms with E-state index < -0.39 is 28.3 Å². The second-order valence-electron chi connectivity index (χ2n) is 10.5. The van der Waals surface area contributed by atoms with Crippen LogP contribution in [0.3, 0.4) is 0 Å². The van der Waals surface area contributed by atoms with E-state index in [0.717, 1.165) is 39.8 Å². The molecule has 2 N–H and O–H groups in total. The Bertz CT molecular complexity index is 1660. The Hall–Kier alpha value is -3.83. The predicted molar refractivity (Wildman–Crippen MR) is 155 cm³/mol. The number of aromatic nitrogens is 3. The van der Waals surface area contributed by atoms with Gasteiger partial charge in [-0.2, -0.15) is 8.42 Å². The SMILES string of the molecule is CCC[C@@H](CC(=O)NS(=O)(=O)c1cn(C)c(C)n1)N1c2ccccc2N(Cc2cn(C)c3cccc(C)c23)C1O. The molecule has 0 saturated carbocycles. The van der Waals surface area contributed by atoms with Gasteiger partial charge in [-0.15, -0.1) is 0 Å². The van der Waals surface area contributed by atoms with Crippen LogP contribution in [-0.4, -0.2) is 45.9 Å². The molecule has 10 nitrogen and oxygen atoms in total. The smallest absolute Gasteiger partial charge is 0.283 e. The first-order valence-corrected chi connectivity index (χ1v) is 14.9. The lowest BCUT2D eigenvalue weighted by Gasteiger charge is -2.34. The van der Waals surface area contributed by atoms with Crippen LogP contribution < -0.4 is 14.5 Å². The number of imidazole rings is 1. The quantitative estimate of drug-likeness (QED) is 0.319. The van der Waals surface area contributed by atoms with E-state index in [1.807, 2.05) is 54.1 Å². The topological polar surface area (TPSA) is 113 Å². The number of rotatable bonds is 9. The van der Waals surface area contributed by atoms with Crippen molar-refractivity contribution in [3.8, 4) is 0 Å². The number of para-hydroxylation sites is 2. The van der Waals surface area contributed by atoms with E-state index in [9.17, 15) is 18.3 Å². The van der Waals surface area contributed by atoms with Gasteiger partial charge in [0.05, 0.1) is 11.4 Å². The molecule has 2 aromatic heterocycles. The maximum atomic E-state index is 13.1. The molecule has 3 heterocycles. The number of nitrogens with one attached hydrogen (secondary N) is 1. The van der Waals surface area contributed by atoms with Gasteiger partial charge in [0.25, 0.3) is 10.0 Å². The zero-order valence-electron chi connectivity index (χ0n) is 23.5. The molecule has 2 atom stereocenters. The lowest BCUT2D eigenvalue weighted by atomic mass is 10.1. The van der Waals surface area contributed by atoms with Crippen molar-refractivity contribution in [2.45, 2.75) is 64.0 Å². The third kappa shape index (κ3) is 4.95. The molecule has 0 fully saturated rings. The average molecular weight is 565 g/mol. The Morgan fingerprint density at radius 3 is 2.45 bits per heavy atom. The van der Waals surface area contributed by atoms with Gasteiger partial charge in [0.15, 0.2) is 5.03 Å². The molecule has 0 bridgehead atoms. The third-order valence-corrected chi connectivity index (χ3v) is 8.93. The van der Waals surface area contributed by atoms with E-state index in [0.29, 0.717) is 18.8 Å². The van der Waals surface area contributed by atoms with Gasteiger partial charge in [0, 0.05) is 56.4 Å². The zero-order chi connectivity index (χ0) is 28.8. The van der Waals surface area contributed by atoms with Crippen LogP contribution in [0.5, 0.6) is 0 Å². The Morgan fingerprint density at radius 2 is 1.77 bits per heavy atom. The van der Waals surface area contributed by atoms with Gasteiger partial charge >= 0.3 is 0 Å². The highest BCUT2D eigenvalue weighted by atomic mass is 32.2. The van der Waals surface area contributed by atoms with Crippen LogP contribution in [0.4, 0.5) is 11.4 Å². The molecular formula is C29H36N6O4S. The number of sulfonamides is 1. The number of hydrogen-bond acceptors (Lipinski definition) is 7. The second-order valence-corrected chi connectivity index (χ2v) is 12.1. The highest BCUT2D eigenvalue weighted by Gasteiger charge is 2.39. The van der Waals surface area contributed by atoms with Crippen LogP contribution in [0.25, 0.3) is 10.9 Å². The number of aryl methyl sites for hydroxylation is 4. The first kappa shape index (κ1) is 27.7. The maximum Gasteiger partial charge on any atom is 0.283 e. The lowest BCUT2D eigenvalue weighted by molar-refractivity contribution is -0.119. The van der Waals surface area contributed by atoms with Crippen LogP contribution in [0, 0.1) is 13.8 Å². The highest BCUT2D eigenvalue weighted by molar-refractivity contribution is 7.90. The number of aliphatic hydroxyl groups is 1. The standard InChI is InChI=1S/C29H36N6O4S/c1-6-10-22(15-26(36)31-40(38,39)27-18-32(4)20(3)30-27)35-24-13-8-7-12-23(24)34(29(35)37)17-21-16-33(5)25-14-9-11-19(2)28(21)25/h7-9,11-14,16,18,22,29,37H,6,10,15,17H2,1-5H3,(H,31,36)/t22-,29?/m0/s1. The molecule has 0 saturated heterocycles. The molecule has 0 radical (unpaired) electrons. The average Bonchev–Trinajstić information content (AvgIpc) is 3.51. The highest BCUT2D eigenvalue weighted by Crippen LogP contribution is 2.42. The Labute approximate surface area is 234 Å². The maximum absolute atomic E-state index is 13.1. The molecule has 0 aliphatic carbocycles. The second kappa shape index (κ2) is 10.6. The number of fused-ring (bicyclic) bond motifs is 2. The van der Waals surface area contributed by atoms with E-state index in [1.54, 1.807) is 18.5 Å². The molecular weight excluding hydrogens is 528 g/mol. The Kier molecular flexibility index (Phi) is 7.36. The summed E-state index contributed by atoms with van der Waals surface area (Å²) in [4.78, 5) is 20.9. The molecule has 40 heavy (non-hydrogen) atoms. The molecule has 4 aromatic rings. The van der Waals surface area contributed by atoms with Crippen molar-refractivity contribution >= 4 is 38.2 Å². The van der Waals surface area contributed by atoms with Crippen LogP contribution >= 0.6 is 0 Å². The van der Waals surface area contributed by atoms with Gasteiger partial charge in [-0.3, -0.25) is 4.79 Å². The van der Waals surface area contributed by atoms with Crippen molar-refractivity contribution in [1.29, 1.82) is 0 Å². The summed E-state index contributed by atoms with van der Waals surface area (Å²) in [5.74, 6) is -0.121. The number of amides is 1. The number of anilines is 2. The first-order chi connectivity index (χ1) is 19.0. The third-order valence-electron chi connectivity index (χ3n) is 7.69. The zero-order valence-corrected chi connectivity index (χ0v) is 24.3. The fourth-order valence-corrected chi connectivity index (χ4v) is 6.73. The van der Waals surface area contributed by atoms with Crippen molar-refractivity contribution in [2.24, 2.45) is 14.1 Å². The summed E-state index contributed by atoms with van der Waals surface area (Å²) >= 11 is 0. The van der Waals surface area contributed by atoms with Crippen LogP contribution in [0.15, 0.2) is 59.9 Å². The molecule has 5 rings (SSSR count). The van der Waals surface area contributed by atoms with Crippen molar-refractivity contribution in [3.63, 3.8) is 0 Å². The van der Waals surface area contributed by atoms with Gasteiger partial charge in [-0.1, -0.05) is 37.6 Å². The Balaban J connectivity index is 1.42. The van der Waals surface area contributed by atoms with Crippen molar-refractivity contribution < 1.29 is 18.3 Å². The molecule has 1 unspecified atom stereocenters. The van der Waals surface area contributed by atoms with Gasteiger partial charge in [-0.05, 0) is 49.6 Å². The molecule has 0 spiro atoms. The summed E-state index contributed by atoms with van der Waals surface area (Å²) in [5, 5.41) is 12.7. The summed E-state index contributed by atoms with van der Waals surface area (Å²) in [6.45, 7) is 6.25. The number of aliphatic hydroxyl groups excluding tert-OH is 1. The molecule has 2 aromatic carbocycles. The van der Waals surface area contributed by atoms with E-state index in [4.69, 9.17) is 0 Å². The minimum Gasteiger partial charge on any atom is -0.356 e. The summed E-state index contributed by atoms with van der Waals surface area (Å²) in [7, 11) is -0.410. The summed E-state index contributed by atoms with van der Waals surface area (Å²) < 4.78 is 31.5. The van der Waals surface area contributed by atoms with E-state index in [1.165, 1.54) is 6.20 Å². The molecule has 212 valence electrons. The van der Waals surface area contributed by atoms with Gasteiger partial charge in [0.2, 0.25) is 12.3 Å². The number of carbonyl (C=O) groups is 1.